The van der Waals surface area contributed by atoms with Crippen LogP contribution >= 0.6 is 0 Å². The molecule has 0 bridgehead atoms. The third-order valence-electron chi connectivity index (χ3n) is 3.95. The van der Waals surface area contributed by atoms with Crippen molar-refractivity contribution in [2.45, 2.75) is 19.9 Å². The highest BCUT2D eigenvalue weighted by Crippen LogP contribution is 2.11. The molecule has 0 atom stereocenters. The summed E-state index contributed by atoms with van der Waals surface area (Å²) < 4.78 is 0. The summed E-state index contributed by atoms with van der Waals surface area (Å²) in [7, 11) is 2.23. The molecule has 3 heteroatoms. The second kappa shape index (κ2) is 7.63. The van der Waals surface area contributed by atoms with Crippen LogP contribution in [0.15, 0.2) is 24.3 Å². The van der Waals surface area contributed by atoms with Crippen LogP contribution in [0.25, 0.3) is 0 Å². The second-order valence-corrected chi connectivity index (χ2v) is 5.45. The molecule has 0 radical (unpaired) electrons. The monoisotopic (exact) mass is 261 g/mol. The molecular weight excluding hydrogens is 234 g/mol. The fraction of sp³-hybridized carbons (Fsp3) is 0.625. The number of nitrogens with one attached hydrogen (secondary N) is 1. The van der Waals surface area contributed by atoms with Crippen molar-refractivity contribution in [2.24, 2.45) is 0 Å². The van der Waals surface area contributed by atoms with Gasteiger partial charge in [-0.2, -0.15) is 0 Å². The Balaban J connectivity index is 1.78. The van der Waals surface area contributed by atoms with Crippen LogP contribution in [0.3, 0.4) is 0 Å². The lowest BCUT2D eigenvalue weighted by atomic mass is 10.1. The van der Waals surface area contributed by atoms with Crippen molar-refractivity contribution < 1.29 is 0 Å². The van der Waals surface area contributed by atoms with E-state index in [1.54, 1.807) is 0 Å². The van der Waals surface area contributed by atoms with Gasteiger partial charge in [-0.25, -0.2) is 0 Å². The largest absolute Gasteiger partial charge is 0.314 e. The maximum atomic E-state index is 3.40. The molecule has 19 heavy (non-hydrogen) atoms. The first kappa shape index (κ1) is 14.5. The number of hydrogen-bond acceptors (Lipinski definition) is 3. The Morgan fingerprint density at radius 3 is 2.53 bits per heavy atom. The van der Waals surface area contributed by atoms with Crippen molar-refractivity contribution in [3.05, 3.63) is 35.4 Å². The SMILES string of the molecule is CCc1ccccc1CN(C)CCN1CCNCC1. The van der Waals surface area contributed by atoms with Crippen LogP contribution in [0.1, 0.15) is 18.1 Å². The quantitative estimate of drug-likeness (QED) is 0.839. The Kier molecular flexibility index (Phi) is 5.83. The number of likely N-dealkylation sites (N-methyl/N-ethyl adjacent to an activating group) is 1. The molecule has 3 nitrogen and oxygen atoms in total. The molecule has 0 amide bonds. The standard InChI is InChI=1S/C16H27N3/c1-3-15-6-4-5-7-16(15)14-18(2)12-13-19-10-8-17-9-11-19/h4-7,17H,3,8-14H2,1-2H3. The van der Waals surface area contributed by atoms with E-state index in [4.69, 9.17) is 0 Å². The summed E-state index contributed by atoms with van der Waals surface area (Å²) in [5.41, 5.74) is 2.96. The summed E-state index contributed by atoms with van der Waals surface area (Å²) in [6.45, 7) is 10.3. The maximum Gasteiger partial charge on any atom is 0.0233 e. The van der Waals surface area contributed by atoms with Gasteiger partial charge in [0.1, 0.15) is 0 Å². The van der Waals surface area contributed by atoms with Crippen molar-refractivity contribution in [3.63, 3.8) is 0 Å². The second-order valence-electron chi connectivity index (χ2n) is 5.45. The topological polar surface area (TPSA) is 18.5 Å². The molecule has 0 saturated carbocycles. The third kappa shape index (κ3) is 4.60. The lowest BCUT2D eigenvalue weighted by Gasteiger charge is -2.29. The van der Waals surface area contributed by atoms with E-state index in [2.05, 4.69) is 53.4 Å². The molecule has 1 N–H and O–H groups in total. The van der Waals surface area contributed by atoms with Gasteiger partial charge in [-0.3, -0.25) is 4.90 Å². The third-order valence-corrected chi connectivity index (χ3v) is 3.95. The van der Waals surface area contributed by atoms with Crippen LogP contribution in [0.5, 0.6) is 0 Å². The summed E-state index contributed by atoms with van der Waals surface area (Å²) in [4.78, 5) is 5.00. The van der Waals surface area contributed by atoms with Crippen LogP contribution in [0.2, 0.25) is 0 Å². The number of benzene rings is 1. The number of aryl methyl sites for hydroxylation is 1. The normalized spacial score (nSPS) is 17.0. The zero-order valence-electron chi connectivity index (χ0n) is 12.4. The Labute approximate surface area is 117 Å². The highest BCUT2D eigenvalue weighted by atomic mass is 15.2. The van der Waals surface area contributed by atoms with Crippen molar-refractivity contribution in [1.29, 1.82) is 0 Å². The van der Waals surface area contributed by atoms with Crippen molar-refractivity contribution in [2.75, 3.05) is 46.3 Å². The van der Waals surface area contributed by atoms with Gasteiger partial charge in [0.25, 0.3) is 0 Å². The molecule has 1 aromatic rings. The summed E-state index contributed by atoms with van der Waals surface area (Å²) in [6.07, 6.45) is 1.13. The van der Waals surface area contributed by atoms with Crippen LogP contribution in [-0.4, -0.2) is 56.1 Å². The summed E-state index contributed by atoms with van der Waals surface area (Å²) in [5, 5.41) is 3.40. The average Bonchev–Trinajstić information content (AvgIpc) is 2.47. The molecular formula is C16H27N3. The highest BCUT2D eigenvalue weighted by Gasteiger charge is 2.10. The predicted octanol–water partition coefficient (Wildman–Crippen LogP) is 1.59. The van der Waals surface area contributed by atoms with Gasteiger partial charge in [0.15, 0.2) is 0 Å². The molecule has 1 saturated heterocycles. The summed E-state index contributed by atoms with van der Waals surface area (Å²) in [6, 6.07) is 8.81. The van der Waals surface area contributed by atoms with Gasteiger partial charge in [0, 0.05) is 45.8 Å². The van der Waals surface area contributed by atoms with Crippen LogP contribution in [-0.2, 0) is 13.0 Å². The van der Waals surface area contributed by atoms with E-state index in [9.17, 15) is 0 Å². The fourth-order valence-corrected chi connectivity index (χ4v) is 2.67. The molecule has 1 fully saturated rings. The van der Waals surface area contributed by atoms with E-state index >= 15 is 0 Å². The number of nitrogens with zero attached hydrogens (tertiary/aromatic N) is 2. The zero-order valence-corrected chi connectivity index (χ0v) is 12.4. The lowest BCUT2D eigenvalue weighted by Crippen LogP contribution is -2.45. The predicted molar refractivity (Wildman–Crippen MR) is 81.5 cm³/mol. The van der Waals surface area contributed by atoms with Gasteiger partial charge in [-0.1, -0.05) is 31.2 Å². The summed E-state index contributed by atoms with van der Waals surface area (Å²) >= 11 is 0. The molecule has 1 heterocycles. The minimum Gasteiger partial charge on any atom is -0.314 e. The van der Waals surface area contributed by atoms with E-state index in [0.717, 1.165) is 32.6 Å². The number of rotatable bonds is 6. The minimum atomic E-state index is 1.07. The van der Waals surface area contributed by atoms with Crippen LogP contribution in [0, 0.1) is 0 Å². The minimum absolute atomic E-state index is 1.07. The van der Waals surface area contributed by atoms with E-state index in [-0.39, 0.29) is 0 Å². The maximum absolute atomic E-state index is 3.40. The first-order valence-corrected chi connectivity index (χ1v) is 7.48. The Hall–Kier alpha value is -0.900. The first-order chi connectivity index (χ1) is 9.29. The lowest BCUT2D eigenvalue weighted by molar-refractivity contribution is 0.202. The molecule has 0 aromatic heterocycles. The van der Waals surface area contributed by atoms with Gasteiger partial charge in [0.05, 0.1) is 0 Å². The van der Waals surface area contributed by atoms with Gasteiger partial charge in [-0.15, -0.1) is 0 Å². The summed E-state index contributed by atoms with van der Waals surface area (Å²) in [5.74, 6) is 0. The Morgan fingerprint density at radius 2 is 1.84 bits per heavy atom. The Morgan fingerprint density at radius 1 is 1.16 bits per heavy atom. The number of piperazine rings is 1. The zero-order chi connectivity index (χ0) is 13.5. The fourth-order valence-electron chi connectivity index (χ4n) is 2.67. The van der Waals surface area contributed by atoms with Crippen LogP contribution in [0.4, 0.5) is 0 Å². The van der Waals surface area contributed by atoms with Crippen molar-refractivity contribution in [1.82, 2.24) is 15.1 Å². The van der Waals surface area contributed by atoms with E-state index in [0.29, 0.717) is 0 Å². The molecule has 0 unspecified atom stereocenters. The molecule has 0 spiro atoms. The molecule has 0 aliphatic carbocycles. The van der Waals surface area contributed by atoms with E-state index in [1.807, 2.05) is 0 Å². The van der Waals surface area contributed by atoms with Crippen molar-refractivity contribution >= 4 is 0 Å². The molecule has 1 aliphatic heterocycles. The average molecular weight is 261 g/mol. The van der Waals surface area contributed by atoms with Gasteiger partial charge >= 0.3 is 0 Å². The van der Waals surface area contributed by atoms with Crippen molar-refractivity contribution in [3.8, 4) is 0 Å². The van der Waals surface area contributed by atoms with Crippen LogP contribution < -0.4 is 5.32 Å². The van der Waals surface area contributed by atoms with Gasteiger partial charge < -0.3 is 10.2 Å². The molecule has 1 aliphatic rings. The van der Waals surface area contributed by atoms with Gasteiger partial charge in [-0.05, 0) is 24.6 Å². The number of hydrogen-bond donors (Lipinski definition) is 1. The first-order valence-electron chi connectivity index (χ1n) is 7.48. The van der Waals surface area contributed by atoms with Gasteiger partial charge in [0.2, 0.25) is 0 Å². The molecule has 2 rings (SSSR count). The molecule has 106 valence electrons. The van der Waals surface area contributed by atoms with E-state index < -0.39 is 0 Å². The smallest absolute Gasteiger partial charge is 0.0233 e. The Bertz CT molecular complexity index is 372. The highest BCUT2D eigenvalue weighted by molar-refractivity contribution is 5.26. The van der Waals surface area contributed by atoms with E-state index in [1.165, 1.54) is 30.8 Å². The molecule has 1 aromatic carbocycles.